The molecule has 3 saturated heterocycles. The highest BCUT2D eigenvalue weighted by Gasteiger charge is 2.41. The quantitative estimate of drug-likeness (QED) is 0.869. The molecule has 4 heteroatoms. The lowest BCUT2D eigenvalue weighted by Gasteiger charge is -2.44. The van der Waals surface area contributed by atoms with Crippen molar-refractivity contribution in [2.24, 2.45) is 5.92 Å². The number of hydrogen-bond donors (Lipinski definition) is 1. The Hall–Kier alpha value is 0.230. The van der Waals surface area contributed by atoms with Gasteiger partial charge in [-0.25, -0.2) is 0 Å². The summed E-state index contributed by atoms with van der Waals surface area (Å²) in [6.45, 7) is 1.71. The molecule has 0 bridgehead atoms. The van der Waals surface area contributed by atoms with E-state index in [0.29, 0.717) is 12.0 Å². The second-order valence-corrected chi connectivity index (χ2v) is 7.91. The fourth-order valence-corrected chi connectivity index (χ4v) is 5.18. The van der Waals surface area contributed by atoms with Gasteiger partial charge in [0.25, 0.3) is 0 Å². The minimum Gasteiger partial charge on any atom is -0.393 e. The van der Waals surface area contributed by atoms with Crippen LogP contribution in [0.15, 0.2) is 0 Å². The minimum absolute atomic E-state index is 0.0859. The molecular formula is C16H28O3S. The van der Waals surface area contributed by atoms with Gasteiger partial charge >= 0.3 is 0 Å². The molecule has 3 aliphatic heterocycles. The lowest BCUT2D eigenvalue weighted by molar-refractivity contribution is -0.127. The van der Waals surface area contributed by atoms with E-state index in [4.69, 9.17) is 9.47 Å². The molecule has 1 spiro atoms. The number of ether oxygens (including phenoxy) is 2. The lowest BCUT2D eigenvalue weighted by atomic mass is 9.78. The average Bonchev–Trinajstić information content (AvgIpc) is 2.49. The van der Waals surface area contributed by atoms with Crippen LogP contribution in [0.1, 0.15) is 51.4 Å². The Morgan fingerprint density at radius 2 is 2.00 bits per heavy atom. The summed E-state index contributed by atoms with van der Waals surface area (Å²) in [5.74, 6) is 2.85. The van der Waals surface area contributed by atoms with Gasteiger partial charge in [0.1, 0.15) is 0 Å². The van der Waals surface area contributed by atoms with Crippen molar-refractivity contribution in [1.82, 2.24) is 0 Å². The van der Waals surface area contributed by atoms with E-state index in [0.717, 1.165) is 38.9 Å². The topological polar surface area (TPSA) is 38.7 Å². The van der Waals surface area contributed by atoms with Crippen molar-refractivity contribution in [1.29, 1.82) is 0 Å². The van der Waals surface area contributed by atoms with E-state index in [-0.39, 0.29) is 11.7 Å². The van der Waals surface area contributed by atoms with Crippen molar-refractivity contribution in [3.8, 4) is 0 Å². The SMILES string of the molecule is OC(CC1CCCCO1)C1CCOC2(CCSCC2)C1. The smallest absolute Gasteiger partial charge is 0.0701 e. The molecule has 116 valence electrons. The Balaban J connectivity index is 1.52. The van der Waals surface area contributed by atoms with Crippen molar-refractivity contribution in [2.75, 3.05) is 24.7 Å². The van der Waals surface area contributed by atoms with Crippen LogP contribution in [0, 0.1) is 5.92 Å². The number of aliphatic hydroxyl groups is 1. The normalized spacial score (nSPS) is 35.9. The van der Waals surface area contributed by atoms with E-state index in [1.54, 1.807) is 0 Å². The van der Waals surface area contributed by atoms with Crippen LogP contribution in [0.3, 0.4) is 0 Å². The van der Waals surface area contributed by atoms with Crippen molar-refractivity contribution in [3.63, 3.8) is 0 Å². The number of thioether (sulfide) groups is 1. The summed E-state index contributed by atoms with van der Waals surface area (Å²) in [4.78, 5) is 0. The van der Waals surface area contributed by atoms with Crippen molar-refractivity contribution >= 4 is 11.8 Å². The number of rotatable bonds is 3. The molecule has 1 N–H and O–H groups in total. The van der Waals surface area contributed by atoms with E-state index < -0.39 is 0 Å². The standard InChI is InChI=1S/C16H28O3S/c17-15(11-14-3-1-2-7-18-14)13-4-8-19-16(12-13)5-9-20-10-6-16/h13-15,17H,1-12H2. The molecule has 3 nitrogen and oxygen atoms in total. The molecule has 3 atom stereocenters. The average molecular weight is 300 g/mol. The molecule has 3 rings (SSSR count). The van der Waals surface area contributed by atoms with Crippen LogP contribution in [0.25, 0.3) is 0 Å². The third-order valence-electron chi connectivity index (χ3n) is 5.26. The van der Waals surface area contributed by atoms with Crippen LogP contribution >= 0.6 is 11.8 Å². The fourth-order valence-electron chi connectivity index (χ4n) is 3.94. The Bertz CT molecular complexity index is 293. The lowest BCUT2D eigenvalue weighted by Crippen LogP contribution is -2.46. The molecule has 0 amide bonds. The summed E-state index contributed by atoms with van der Waals surface area (Å²) in [6, 6.07) is 0. The van der Waals surface area contributed by atoms with Gasteiger partial charge in [-0.2, -0.15) is 11.8 Å². The summed E-state index contributed by atoms with van der Waals surface area (Å²) in [5.41, 5.74) is 0.0859. The van der Waals surface area contributed by atoms with E-state index in [9.17, 15) is 5.11 Å². The second-order valence-electron chi connectivity index (χ2n) is 6.69. The maximum atomic E-state index is 10.6. The summed E-state index contributed by atoms with van der Waals surface area (Å²) < 4.78 is 11.9. The van der Waals surface area contributed by atoms with Gasteiger partial charge in [0, 0.05) is 13.2 Å². The molecule has 20 heavy (non-hydrogen) atoms. The van der Waals surface area contributed by atoms with Crippen LogP contribution in [0.4, 0.5) is 0 Å². The molecule has 3 aliphatic rings. The predicted molar refractivity (Wildman–Crippen MR) is 82.2 cm³/mol. The van der Waals surface area contributed by atoms with Crippen LogP contribution in [0.5, 0.6) is 0 Å². The highest BCUT2D eigenvalue weighted by Crippen LogP contribution is 2.41. The first kappa shape index (κ1) is 15.1. The first-order valence-corrected chi connectivity index (χ1v) is 9.44. The maximum Gasteiger partial charge on any atom is 0.0701 e. The summed E-state index contributed by atoms with van der Waals surface area (Å²) in [5, 5.41) is 10.6. The Morgan fingerprint density at radius 1 is 1.15 bits per heavy atom. The third kappa shape index (κ3) is 3.70. The predicted octanol–water partition coefficient (Wildman–Crippen LogP) is 3.00. The van der Waals surface area contributed by atoms with Crippen molar-refractivity contribution < 1.29 is 14.6 Å². The third-order valence-corrected chi connectivity index (χ3v) is 6.24. The van der Waals surface area contributed by atoms with Crippen molar-refractivity contribution in [3.05, 3.63) is 0 Å². The molecule has 0 aromatic carbocycles. The molecule has 3 heterocycles. The van der Waals surface area contributed by atoms with E-state index in [1.165, 1.54) is 37.2 Å². The van der Waals surface area contributed by atoms with Gasteiger partial charge in [0.05, 0.1) is 17.8 Å². The van der Waals surface area contributed by atoms with Crippen LogP contribution in [0.2, 0.25) is 0 Å². The van der Waals surface area contributed by atoms with Crippen LogP contribution in [-0.4, -0.2) is 47.6 Å². The minimum atomic E-state index is -0.201. The summed E-state index contributed by atoms with van der Waals surface area (Å²) in [7, 11) is 0. The highest BCUT2D eigenvalue weighted by molar-refractivity contribution is 7.99. The van der Waals surface area contributed by atoms with Gasteiger partial charge in [-0.1, -0.05) is 0 Å². The molecular weight excluding hydrogens is 272 g/mol. The molecule has 0 aromatic rings. The molecule has 0 radical (unpaired) electrons. The van der Waals surface area contributed by atoms with Gasteiger partial charge in [-0.15, -0.1) is 0 Å². The summed E-state index contributed by atoms with van der Waals surface area (Å²) >= 11 is 2.04. The molecule has 0 aromatic heterocycles. The highest BCUT2D eigenvalue weighted by atomic mass is 32.2. The molecule has 0 aliphatic carbocycles. The number of aliphatic hydroxyl groups excluding tert-OH is 1. The molecule has 3 fully saturated rings. The monoisotopic (exact) mass is 300 g/mol. The maximum absolute atomic E-state index is 10.6. The van der Waals surface area contributed by atoms with E-state index in [1.807, 2.05) is 11.8 Å². The zero-order valence-corrected chi connectivity index (χ0v) is 13.2. The zero-order valence-electron chi connectivity index (χ0n) is 12.4. The van der Waals surface area contributed by atoms with Gasteiger partial charge in [0.2, 0.25) is 0 Å². The van der Waals surface area contributed by atoms with Gasteiger partial charge < -0.3 is 14.6 Å². The van der Waals surface area contributed by atoms with Crippen molar-refractivity contribution in [2.45, 2.75) is 69.2 Å². The second kappa shape index (κ2) is 6.99. The van der Waals surface area contributed by atoms with E-state index >= 15 is 0 Å². The number of hydrogen-bond acceptors (Lipinski definition) is 4. The first-order chi connectivity index (χ1) is 9.77. The molecule has 3 unspecified atom stereocenters. The largest absolute Gasteiger partial charge is 0.393 e. The van der Waals surface area contributed by atoms with Gasteiger partial charge in [-0.05, 0) is 68.8 Å². The fraction of sp³-hybridized carbons (Fsp3) is 1.00. The van der Waals surface area contributed by atoms with Gasteiger partial charge in [-0.3, -0.25) is 0 Å². The van der Waals surface area contributed by atoms with Gasteiger partial charge in [0.15, 0.2) is 0 Å². The first-order valence-electron chi connectivity index (χ1n) is 8.29. The van der Waals surface area contributed by atoms with Crippen LogP contribution in [-0.2, 0) is 9.47 Å². The Kier molecular flexibility index (Phi) is 5.29. The summed E-state index contributed by atoms with van der Waals surface area (Å²) in [6.07, 6.45) is 8.90. The molecule has 0 saturated carbocycles. The Labute approximate surface area is 126 Å². The van der Waals surface area contributed by atoms with Crippen LogP contribution < -0.4 is 0 Å². The zero-order chi connectivity index (χ0) is 13.8. The Morgan fingerprint density at radius 3 is 2.75 bits per heavy atom. The van der Waals surface area contributed by atoms with E-state index in [2.05, 4.69) is 0 Å².